The highest BCUT2D eigenvalue weighted by Gasteiger charge is 2.17. The van der Waals surface area contributed by atoms with Gasteiger partial charge in [-0.05, 0) is 172 Å². The van der Waals surface area contributed by atoms with E-state index in [4.69, 9.17) is 28.4 Å². The van der Waals surface area contributed by atoms with Gasteiger partial charge in [0, 0.05) is 12.8 Å². The minimum absolute atomic E-state index is 0.126. The first-order valence-electron chi connectivity index (χ1n) is 31.8. The molecule has 6 aromatic rings. The fourth-order valence-corrected chi connectivity index (χ4v) is 10.0. The largest absolute Gasteiger partial charge is 0.459 e. The Balaban J connectivity index is 0.751. The first-order chi connectivity index (χ1) is 41.9. The Morgan fingerprint density at radius 1 is 0.279 bits per heavy atom. The Bertz CT molecular complexity index is 2760. The van der Waals surface area contributed by atoms with E-state index in [9.17, 15) is 28.8 Å². The van der Waals surface area contributed by atoms with Crippen molar-refractivity contribution in [2.24, 2.45) is 0 Å². The Kier molecular flexibility index (Phi) is 29.9. The Labute approximate surface area is 510 Å². The molecule has 86 heavy (non-hydrogen) atoms. The van der Waals surface area contributed by atoms with Gasteiger partial charge in [-0.3, -0.25) is 9.59 Å². The summed E-state index contributed by atoms with van der Waals surface area (Å²) in [5, 5.41) is 0. The Hall–Kier alpha value is -7.86. The number of unbranched alkanes of at least 4 members (excludes halogenated alkanes) is 19. The Morgan fingerprint density at radius 3 is 0.826 bits per heavy atom. The van der Waals surface area contributed by atoms with Crippen molar-refractivity contribution < 1.29 is 57.2 Å². The third kappa shape index (κ3) is 25.0. The van der Waals surface area contributed by atoms with E-state index in [2.05, 4.69) is 13.8 Å². The zero-order valence-electron chi connectivity index (χ0n) is 51.3. The smallest absolute Gasteiger partial charge is 0.343 e. The number of esters is 6. The maximum absolute atomic E-state index is 12.9. The van der Waals surface area contributed by atoms with Crippen molar-refractivity contribution in [3.63, 3.8) is 0 Å². The first kappa shape index (κ1) is 67.3. The van der Waals surface area contributed by atoms with Gasteiger partial charge in [-0.25, -0.2) is 19.2 Å². The third-order valence-electron chi connectivity index (χ3n) is 15.2. The topological polar surface area (TPSA) is 158 Å². The lowest BCUT2D eigenvalue weighted by atomic mass is 10.0. The molecule has 0 aromatic heterocycles. The predicted molar refractivity (Wildman–Crippen MR) is 339 cm³/mol. The molecule has 0 aliphatic heterocycles. The summed E-state index contributed by atoms with van der Waals surface area (Å²) in [6, 6.07) is 41.6. The van der Waals surface area contributed by atoms with Crippen LogP contribution < -0.4 is 18.9 Å². The summed E-state index contributed by atoms with van der Waals surface area (Å²) < 4.78 is 33.6. The molecule has 0 heterocycles. The lowest BCUT2D eigenvalue weighted by molar-refractivity contribution is -0.135. The van der Waals surface area contributed by atoms with Crippen LogP contribution in [0, 0.1) is 0 Å². The maximum Gasteiger partial charge on any atom is 0.343 e. The van der Waals surface area contributed by atoms with Crippen molar-refractivity contribution >= 4 is 35.8 Å². The molecule has 0 saturated carbocycles. The summed E-state index contributed by atoms with van der Waals surface area (Å²) in [5.74, 6) is -0.817. The molecule has 0 radical (unpaired) electrons. The summed E-state index contributed by atoms with van der Waals surface area (Å²) in [5.41, 5.74) is 5.31. The number of carbonyl (C=O) groups excluding carboxylic acids is 6. The maximum atomic E-state index is 12.9. The van der Waals surface area contributed by atoms with Crippen LogP contribution in [0.5, 0.6) is 23.0 Å². The van der Waals surface area contributed by atoms with E-state index in [1.165, 1.54) is 51.4 Å². The average molecular weight is 1170 g/mol. The van der Waals surface area contributed by atoms with Gasteiger partial charge in [-0.15, -0.1) is 0 Å². The summed E-state index contributed by atoms with van der Waals surface area (Å²) >= 11 is 0. The van der Waals surface area contributed by atoms with Crippen LogP contribution in [0.2, 0.25) is 0 Å². The van der Waals surface area contributed by atoms with Crippen molar-refractivity contribution in [1.29, 1.82) is 0 Å². The molecule has 0 fully saturated rings. The predicted octanol–water partition coefficient (Wildman–Crippen LogP) is 19.2. The number of carbonyl (C=O) groups is 6. The molecule has 0 amide bonds. The van der Waals surface area contributed by atoms with E-state index in [1.807, 2.05) is 62.4 Å². The van der Waals surface area contributed by atoms with Crippen LogP contribution in [0.4, 0.5) is 0 Å². The van der Waals surface area contributed by atoms with Crippen LogP contribution in [-0.4, -0.2) is 48.0 Å². The molecule has 12 heteroatoms. The molecule has 0 bridgehead atoms. The molecular weight excluding hydrogens is 1080 g/mol. The number of benzene rings is 6. The van der Waals surface area contributed by atoms with E-state index in [0.717, 1.165) is 125 Å². The number of ether oxygens (including phenoxy) is 6. The quantitative estimate of drug-likeness (QED) is 0.0205. The van der Waals surface area contributed by atoms with Crippen molar-refractivity contribution in [3.05, 3.63) is 168 Å². The molecule has 0 spiro atoms. The van der Waals surface area contributed by atoms with E-state index in [1.54, 1.807) is 97.1 Å². The van der Waals surface area contributed by atoms with Crippen LogP contribution in [0.3, 0.4) is 0 Å². The molecule has 0 aliphatic rings. The lowest BCUT2D eigenvalue weighted by Crippen LogP contribution is -2.15. The molecular formula is C74H90O12. The second-order valence-electron chi connectivity index (χ2n) is 22.6. The zero-order chi connectivity index (χ0) is 61.1. The molecule has 0 N–H and O–H groups in total. The lowest BCUT2D eigenvalue weighted by Gasteiger charge is -2.13. The summed E-state index contributed by atoms with van der Waals surface area (Å²) in [6.07, 6.45) is 26.4. The van der Waals surface area contributed by atoms with Gasteiger partial charge >= 0.3 is 35.8 Å². The van der Waals surface area contributed by atoms with Gasteiger partial charge in [-0.1, -0.05) is 178 Å². The zero-order valence-corrected chi connectivity index (χ0v) is 51.3. The summed E-state index contributed by atoms with van der Waals surface area (Å²) in [7, 11) is 0. The molecule has 6 rings (SSSR count). The van der Waals surface area contributed by atoms with E-state index in [-0.39, 0.29) is 36.1 Å². The highest BCUT2D eigenvalue weighted by atomic mass is 16.6. The summed E-state index contributed by atoms with van der Waals surface area (Å²) in [6.45, 7) is 8.32. The van der Waals surface area contributed by atoms with Crippen molar-refractivity contribution in [2.45, 2.75) is 207 Å². The second kappa shape index (κ2) is 38.2. The minimum atomic E-state index is -0.530. The third-order valence-corrected chi connectivity index (χ3v) is 15.2. The van der Waals surface area contributed by atoms with Gasteiger partial charge in [0.2, 0.25) is 0 Å². The van der Waals surface area contributed by atoms with Crippen LogP contribution in [-0.2, 0) is 19.1 Å². The normalized spacial score (nSPS) is 11.7. The molecule has 2 atom stereocenters. The van der Waals surface area contributed by atoms with Crippen LogP contribution in [0.25, 0.3) is 22.3 Å². The van der Waals surface area contributed by atoms with E-state index in [0.29, 0.717) is 58.1 Å². The standard InChI is InChI=1S/C74H90O12/c1-5-7-9-11-19-23-27-55(3)81-71(77)61-35-31-57(32-36-61)59-39-47-67(48-40-59)85-73(79)63-43-51-65(52-44-63)83-69(75)29-25-21-17-15-13-14-16-18-22-26-30-70(76)84-66-53-45-64(46-54-66)74(80)86-68-49-41-60(42-50-68)58-33-37-62(38-34-58)72(78)82-56(4)28-24-20-12-10-8-6-2/h31-56H,5-30H2,1-4H3. The highest BCUT2D eigenvalue weighted by molar-refractivity contribution is 5.93. The SMILES string of the molecule is CCCCCCCCC(C)OC(=O)c1ccc(-c2ccc(OC(=O)c3ccc(OC(=O)CCCCCCCCCCCCC(=O)Oc4ccc(C(=O)Oc5ccc(-c6ccc(C(=O)OC(C)CCCCCCCC)cc6)cc5)cc4)cc3)cc2)cc1. The fraction of sp³-hybridized carbons (Fsp3) is 0.432. The number of hydrogen-bond acceptors (Lipinski definition) is 12. The number of rotatable bonds is 39. The van der Waals surface area contributed by atoms with Gasteiger partial charge in [0.05, 0.1) is 34.5 Å². The highest BCUT2D eigenvalue weighted by Crippen LogP contribution is 2.27. The van der Waals surface area contributed by atoms with Crippen molar-refractivity contribution in [3.8, 4) is 45.3 Å². The van der Waals surface area contributed by atoms with Crippen LogP contribution in [0.1, 0.15) is 236 Å². The van der Waals surface area contributed by atoms with Gasteiger partial charge in [0.25, 0.3) is 0 Å². The van der Waals surface area contributed by atoms with Gasteiger partial charge in [0.1, 0.15) is 23.0 Å². The number of hydrogen-bond donors (Lipinski definition) is 0. The monoisotopic (exact) mass is 1170 g/mol. The van der Waals surface area contributed by atoms with Gasteiger partial charge in [0.15, 0.2) is 0 Å². The van der Waals surface area contributed by atoms with Crippen LogP contribution >= 0.6 is 0 Å². The molecule has 458 valence electrons. The van der Waals surface area contributed by atoms with Crippen molar-refractivity contribution in [1.82, 2.24) is 0 Å². The van der Waals surface area contributed by atoms with Crippen molar-refractivity contribution in [2.75, 3.05) is 0 Å². The molecule has 12 nitrogen and oxygen atoms in total. The van der Waals surface area contributed by atoms with Crippen LogP contribution in [0.15, 0.2) is 146 Å². The molecule has 0 aliphatic carbocycles. The minimum Gasteiger partial charge on any atom is -0.459 e. The second-order valence-corrected chi connectivity index (χ2v) is 22.6. The first-order valence-corrected chi connectivity index (χ1v) is 31.8. The van der Waals surface area contributed by atoms with Gasteiger partial charge < -0.3 is 28.4 Å². The summed E-state index contributed by atoms with van der Waals surface area (Å²) in [4.78, 5) is 76.3. The molecule has 0 saturated heterocycles. The Morgan fingerprint density at radius 2 is 0.512 bits per heavy atom. The molecule has 2 unspecified atom stereocenters. The molecule has 6 aromatic carbocycles. The van der Waals surface area contributed by atoms with E-state index < -0.39 is 11.9 Å². The fourth-order valence-electron chi connectivity index (χ4n) is 10.0. The average Bonchev–Trinajstić information content (AvgIpc) is 3.55. The van der Waals surface area contributed by atoms with E-state index >= 15 is 0 Å². The van der Waals surface area contributed by atoms with Gasteiger partial charge in [-0.2, -0.15) is 0 Å².